The fourth-order valence-electron chi connectivity index (χ4n) is 1.55. The maximum atomic E-state index is 12.3. The van der Waals surface area contributed by atoms with Gasteiger partial charge >= 0.3 is 0 Å². The number of benzene rings is 1. The van der Waals surface area contributed by atoms with E-state index in [4.69, 9.17) is 11.6 Å². The number of nitrogens with zero attached hydrogens (tertiary/aromatic N) is 1. The van der Waals surface area contributed by atoms with Crippen LogP contribution < -0.4 is 10.6 Å². The average Bonchev–Trinajstić information content (AvgIpc) is 2.43. The lowest BCUT2D eigenvalue weighted by Crippen LogP contribution is -2.14. The smallest absolute Gasteiger partial charge is 0.257 e. The molecule has 1 amide bonds. The standard InChI is InChI=1S/C13H10Br2ClN3O/c1-17-11-5-7(10(16)6-18-11)13(20)19-12-8(14)3-2-4-9(12)15/h2-6H,1H3,(H,17,18)(H,19,20). The molecule has 1 aromatic heterocycles. The zero-order chi connectivity index (χ0) is 14.7. The van der Waals surface area contributed by atoms with Crippen molar-refractivity contribution < 1.29 is 4.79 Å². The molecule has 0 aliphatic carbocycles. The number of aromatic nitrogens is 1. The quantitative estimate of drug-likeness (QED) is 0.767. The number of anilines is 2. The minimum atomic E-state index is -0.304. The van der Waals surface area contributed by atoms with Gasteiger partial charge in [0.2, 0.25) is 0 Å². The normalized spacial score (nSPS) is 10.2. The number of nitrogens with one attached hydrogen (secondary N) is 2. The van der Waals surface area contributed by atoms with Crippen molar-refractivity contribution in [1.82, 2.24) is 4.98 Å². The summed E-state index contributed by atoms with van der Waals surface area (Å²) in [5.41, 5.74) is 1.00. The van der Waals surface area contributed by atoms with Crippen molar-refractivity contribution in [3.8, 4) is 0 Å². The number of carbonyl (C=O) groups excluding carboxylic acids is 1. The predicted molar refractivity (Wildman–Crippen MR) is 88.6 cm³/mol. The van der Waals surface area contributed by atoms with Crippen LogP contribution in [0.2, 0.25) is 5.02 Å². The summed E-state index contributed by atoms with van der Waals surface area (Å²) in [7, 11) is 1.72. The molecular weight excluding hydrogens is 409 g/mol. The SMILES string of the molecule is CNc1cc(C(=O)Nc2c(Br)cccc2Br)c(Cl)cn1. The summed E-state index contributed by atoms with van der Waals surface area (Å²) in [4.78, 5) is 16.4. The zero-order valence-electron chi connectivity index (χ0n) is 10.4. The number of carbonyl (C=O) groups is 1. The third kappa shape index (κ3) is 3.31. The second-order valence-corrected chi connectivity index (χ2v) is 5.97. The van der Waals surface area contributed by atoms with Gasteiger partial charge in [0.1, 0.15) is 5.82 Å². The van der Waals surface area contributed by atoms with Crippen LogP contribution >= 0.6 is 43.5 Å². The molecule has 0 saturated carbocycles. The molecule has 2 rings (SSSR count). The molecule has 0 bridgehead atoms. The first kappa shape index (κ1) is 15.3. The van der Waals surface area contributed by atoms with Crippen LogP contribution in [-0.2, 0) is 0 Å². The molecule has 0 spiro atoms. The first-order valence-corrected chi connectivity index (χ1v) is 7.58. The highest BCUT2D eigenvalue weighted by molar-refractivity contribution is 9.11. The van der Waals surface area contributed by atoms with Gasteiger partial charge in [0.15, 0.2) is 0 Å². The molecule has 0 unspecified atom stereocenters. The molecule has 104 valence electrons. The van der Waals surface area contributed by atoms with E-state index in [-0.39, 0.29) is 5.91 Å². The van der Waals surface area contributed by atoms with Gasteiger partial charge in [-0.3, -0.25) is 4.79 Å². The molecule has 0 fully saturated rings. The zero-order valence-corrected chi connectivity index (χ0v) is 14.3. The summed E-state index contributed by atoms with van der Waals surface area (Å²) in [6, 6.07) is 7.14. The van der Waals surface area contributed by atoms with Gasteiger partial charge in [-0.05, 0) is 50.1 Å². The summed E-state index contributed by atoms with van der Waals surface area (Å²) in [5, 5.41) is 5.98. The van der Waals surface area contributed by atoms with E-state index in [0.717, 1.165) is 8.95 Å². The molecule has 2 aromatic rings. The average molecular weight is 420 g/mol. The molecule has 0 aliphatic heterocycles. The van der Waals surface area contributed by atoms with Gasteiger partial charge in [0.25, 0.3) is 5.91 Å². The summed E-state index contributed by atoms with van der Waals surface area (Å²) in [5.74, 6) is 0.271. The van der Waals surface area contributed by atoms with E-state index in [1.165, 1.54) is 6.20 Å². The Balaban J connectivity index is 2.33. The van der Waals surface area contributed by atoms with Gasteiger partial charge in [0.05, 0.1) is 16.3 Å². The van der Waals surface area contributed by atoms with Gasteiger partial charge in [-0.25, -0.2) is 4.98 Å². The van der Waals surface area contributed by atoms with Crippen LogP contribution in [0.3, 0.4) is 0 Å². The summed E-state index contributed by atoms with van der Waals surface area (Å²) < 4.78 is 1.55. The lowest BCUT2D eigenvalue weighted by molar-refractivity contribution is 0.102. The van der Waals surface area contributed by atoms with Crippen LogP contribution in [0.15, 0.2) is 39.4 Å². The number of hydrogen-bond acceptors (Lipinski definition) is 3. The molecule has 0 radical (unpaired) electrons. The van der Waals surface area contributed by atoms with Crippen LogP contribution in [0.1, 0.15) is 10.4 Å². The van der Waals surface area contributed by atoms with Crippen molar-refractivity contribution in [3.05, 3.63) is 50.0 Å². The Kier molecular flexibility index (Phi) is 5.01. The van der Waals surface area contributed by atoms with E-state index in [0.29, 0.717) is 22.1 Å². The van der Waals surface area contributed by atoms with Crippen LogP contribution in [0.25, 0.3) is 0 Å². The van der Waals surface area contributed by atoms with E-state index in [9.17, 15) is 4.79 Å². The Morgan fingerprint density at radius 2 is 1.95 bits per heavy atom. The van der Waals surface area contributed by atoms with Crippen LogP contribution in [0, 0.1) is 0 Å². The predicted octanol–water partition coefficient (Wildman–Crippen LogP) is 4.55. The van der Waals surface area contributed by atoms with Gasteiger partial charge in [0, 0.05) is 22.2 Å². The van der Waals surface area contributed by atoms with Crippen molar-refractivity contribution in [1.29, 1.82) is 0 Å². The Morgan fingerprint density at radius 1 is 1.30 bits per heavy atom. The van der Waals surface area contributed by atoms with E-state index in [1.807, 2.05) is 18.2 Å². The Labute approximate surface area is 138 Å². The van der Waals surface area contributed by atoms with Crippen molar-refractivity contribution in [2.45, 2.75) is 0 Å². The van der Waals surface area contributed by atoms with E-state index in [2.05, 4.69) is 47.5 Å². The highest BCUT2D eigenvalue weighted by Gasteiger charge is 2.15. The molecule has 4 nitrogen and oxygen atoms in total. The largest absolute Gasteiger partial charge is 0.373 e. The number of pyridine rings is 1. The molecule has 1 aromatic carbocycles. The van der Waals surface area contributed by atoms with E-state index >= 15 is 0 Å². The molecule has 7 heteroatoms. The van der Waals surface area contributed by atoms with Crippen LogP contribution in [-0.4, -0.2) is 17.9 Å². The van der Waals surface area contributed by atoms with Crippen molar-refractivity contribution >= 4 is 60.9 Å². The van der Waals surface area contributed by atoms with Crippen molar-refractivity contribution in [2.24, 2.45) is 0 Å². The molecular formula is C13H10Br2ClN3O. The summed E-state index contributed by atoms with van der Waals surface area (Å²) in [6.07, 6.45) is 1.44. The molecule has 1 heterocycles. The molecule has 20 heavy (non-hydrogen) atoms. The third-order valence-corrected chi connectivity index (χ3v) is 4.18. The summed E-state index contributed by atoms with van der Waals surface area (Å²) >= 11 is 12.8. The minimum absolute atomic E-state index is 0.296. The topological polar surface area (TPSA) is 54.0 Å². The maximum Gasteiger partial charge on any atom is 0.257 e. The molecule has 2 N–H and O–H groups in total. The number of rotatable bonds is 3. The molecule has 0 saturated heterocycles. The highest BCUT2D eigenvalue weighted by Crippen LogP contribution is 2.31. The molecule has 0 atom stereocenters. The van der Waals surface area contributed by atoms with E-state index in [1.54, 1.807) is 13.1 Å². The number of hydrogen-bond donors (Lipinski definition) is 2. The van der Waals surface area contributed by atoms with Crippen LogP contribution in [0.4, 0.5) is 11.5 Å². The highest BCUT2D eigenvalue weighted by atomic mass is 79.9. The Bertz CT molecular complexity index is 644. The number of para-hydroxylation sites is 1. The van der Waals surface area contributed by atoms with Crippen molar-refractivity contribution in [2.75, 3.05) is 17.7 Å². The first-order valence-electron chi connectivity index (χ1n) is 5.61. The maximum absolute atomic E-state index is 12.3. The molecule has 0 aliphatic rings. The fourth-order valence-corrected chi connectivity index (χ4v) is 2.93. The first-order chi connectivity index (χ1) is 9.52. The van der Waals surface area contributed by atoms with E-state index < -0.39 is 0 Å². The van der Waals surface area contributed by atoms with Gasteiger partial charge in [-0.2, -0.15) is 0 Å². The van der Waals surface area contributed by atoms with Gasteiger partial charge in [-0.1, -0.05) is 17.7 Å². The second-order valence-electron chi connectivity index (χ2n) is 3.85. The monoisotopic (exact) mass is 417 g/mol. The van der Waals surface area contributed by atoms with Gasteiger partial charge < -0.3 is 10.6 Å². The lowest BCUT2D eigenvalue weighted by atomic mass is 10.2. The third-order valence-electron chi connectivity index (χ3n) is 2.56. The van der Waals surface area contributed by atoms with Gasteiger partial charge in [-0.15, -0.1) is 0 Å². The van der Waals surface area contributed by atoms with Crippen LogP contribution in [0.5, 0.6) is 0 Å². The Hall–Kier alpha value is -1.11. The van der Waals surface area contributed by atoms with Crippen molar-refractivity contribution in [3.63, 3.8) is 0 Å². The number of halogens is 3. The summed E-state index contributed by atoms with van der Waals surface area (Å²) in [6.45, 7) is 0. The Morgan fingerprint density at radius 3 is 2.55 bits per heavy atom. The second kappa shape index (κ2) is 6.56. The minimum Gasteiger partial charge on any atom is -0.373 e. The fraction of sp³-hybridized carbons (Fsp3) is 0.0769. The number of amides is 1. The lowest BCUT2D eigenvalue weighted by Gasteiger charge is -2.11.